The van der Waals surface area contributed by atoms with Gasteiger partial charge in [0.15, 0.2) is 0 Å². The number of nitro groups is 1. The molecule has 1 aromatic carbocycles. The number of benzene rings is 1. The van der Waals surface area contributed by atoms with E-state index in [1.165, 1.54) is 55.2 Å². The van der Waals surface area contributed by atoms with Crippen molar-refractivity contribution >= 4 is 33.5 Å². The van der Waals surface area contributed by atoms with Crippen molar-refractivity contribution in [2.75, 3.05) is 7.05 Å². The minimum absolute atomic E-state index is 0.222. The molecule has 11 nitrogen and oxygen atoms in total. The largest absolute Gasteiger partial charge is 0.366 e. The van der Waals surface area contributed by atoms with Crippen molar-refractivity contribution in [1.29, 1.82) is 0 Å². The molecular weight excluding hydrogens is 400 g/mol. The number of rotatable bonds is 6. The van der Waals surface area contributed by atoms with Crippen LogP contribution in [0.5, 0.6) is 0 Å². The predicted molar refractivity (Wildman–Crippen MR) is 104 cm³/mol. The third-order valence-corrected chi connectivity index (χ3v) is 5.97. The van der Waals surface area contributed by atoms with E-state index in [0.29, 0.717) is 21.3 Å². The second kappa shape index (κ2) is 7.31. The quantitative estimate of drug-likeness (QED) is 0.363. The summed E-state index contributed by atoms with van der Waals surface area (Å²) in [5.74, 6) is -0.621. The summed E-state index contributed by atoms with van der Waals surface area (Å²) in [7, 11) is -2.92. The van der Waals surface area contributed by atoms with E-state index in [0.717, 1.165) is 6.07 Å². The summed E-state index contributed by atoms with van der Waals surface area (Å²) in [6.07, 6.45) is 4.16. The predicted octanol–water partition coefficient (Wildman–Crippen LogP) is 1.30. The van der Waals surface area contributed by atoms with Crippen LogP contribution >= 0.6 is 0 Å². The van der Waals surface area contributed by atoms with Crippen LogP contribution in [-0.4, -0.2) is 46.3 Å². The number of aryl methyl sites for hydroxylation is 1. The molecular formula is C17H16N6O5S. The van der Waals surface area contributed by atoms with Crippen LogP contribution in [-0.2, 0) is 10.0 Å². The van der Waals surface area contributed by atoms with Gasteiger partial charge in [0.25, 0.3) is 15.7 Å². The van der Waals surface area contributed by atoms with E-state index >= 15 is 0 Å². The first kappa shape index (κ1) is 19.9. The lowest BCUT2D eigenvalue weighted by atomic mass is 10.2. The topological polar surface area (TPSA) is 153 Å². The second-order valence-electron chi connectivity index (χ2n) is 6.08. The number of hydrogen-bond donors (Lipinski definition) is 1. The van der Waals surface area contributed by atoms with E-state index < -0.39 is 20.9 Å². The van der Waals surface area contributed by atoms with Crippen LogP contribution in [0.25, 0.3) is 5.65 Å². The van der Waals surface area contributed by atoms with Gasteiger partial charge in [-0.15, -0.1) is 0 Å². The van der Waals surface area contributed by atoms with Crippen LogP contribution in [0.1, 0.15) is 21.6 Å². The van der Waals surface area contributed by atoms with E-state index in [2.05, 4.69) is 10.1 Å². The number of imidazole rings is 1. The van der Waals surface area contributed by atoms with Gasteiger partial charge in [-0.25, -0.2) is 4.98 Å². The van der Waals surface area contributed by atoms with Crippen LogP contribution in [0.4, 0.5) is 5.69 Å². The Morgan fingerprint density at radius 1 is 1.34 bits per heavy atom. The fourth-order valence-electron chi connectivity index (χ4n) is 2.57. The average molecular weight is 416 g/mol. The number of sulfonamides is 1. The van der Waals surface area contributed by atoms with E-state index in [1.807, 2.05) is 0 Å². The smallest absolute Gasteiger partial charge is 0.279 e. The average Bonchev–Trinajstić information content (AvgIpc) is 3.08. The van der Waals surface area contributed by atoms with Crippen molar-refractivity contribution in [3.8, 4) is 0 Å². The van der Waals surface area contributed by atoms with Crippen molar-refractivity contribution < 1.29 is 18.1 Å². The molecule has 2 aromatic heterocycles. The molecule has 3 aromatic rings. The molecule has 0 saturated heterocycles. The molecule has 12 heteroatoms. The maximum absolute atomic E-state index is 12.8. The van der Waals surface area contributed by atoms with Crippen molar-refractivity contribution in [3.63, 3.8) is 0 Å². The zero-order valence-electron chi connectivity index (χ0n) is 15.4. The number of fused-ring (bicyclic) bond motifs is 1. The van der Waals surface area contributed by atoms with Crippen molar-refractivity contribution in [1.82, 2.24) is 13.8 Å². The van der Waals surface area contributed by atoms with Crippen molar-refractivity contribution in [2.45, 2.75) is 11.8 Å². The molecule has 0 bridgehead atoms. The monoisotopic (exact) mass is 416 g/mol. The molecule has 0 aliphatic carbocycles. The van der Waals surface area contributed by atoms with E-state index in [4.69, 9.17) is 5.73 Å². The van der Waals surface area contributed by atoms with Crippen LogP contribution in [0.3, 0.4) is 0 Å². The normalized spacial score (nSPS) is 11.8. The molecule has 0 radical (unpaired) electrons. The lowest BCUT2D eigenvalue weighted by Gasteiger charge is -2.15. The number of pyridine rings is 1. The molecule has 150 valence electrons. The van der Waals surface area contributed by atoms with Gasteiger partial charge in [0.1, 0.15) is 5.65 Å². The molecule has 1 amide bonds. The SMILES string of the molecule is Cc1ccc([N+](=O)[O-])cc1S(=O)(=O)N(C)/N=C/c1cnc2ccc(C(N)=O)cn12. The minimum atomic E-state index is -4.13. The highest BCUT2D eigenvalue weighted by Gasteiger charge is 2.24. The summed E-state index contributed by atoms with van der Waals surface area (Å²) < 4.78 is 27.8. The van der Waals surface area contributed by atoms with Crippen molar-refractivity contribution in [2.24, 2.45) is 10.8 Å². The number of carbonyl (C=O) groups is 1. The summed E-state index contributed by atoms with van der Waals surface area (Å²) in [5.41, 5.74) is 6.44. The summed E-state index contributed by atoms with van der Waals surface area (Å²) in [6.45, 7) is 1.53. The zero-order chi connectivity index (χ0) is 21.3. The molecule has 2 N–H and O–H groups in total. The highest BCUT2D eigenvalue weighted by atomic mass is 32.2. The first-order valence-electron chi connectivity index (χ1n) is 8.16. The third kappa shape index (κ3) is 3.78. The Kier molecular flexibility index (Phi) is 5.03. The van der Waals surface area contributed by atoms with E-state index in [1.54, 1.807) is 6.07 Å². The second-order valence-corrected chi connectivity index (χ2v) is 8.00. The molecule has 0 atom stereocenters. The molecule has 29 heavy (non-hydrogen) atoms. The third-order valence-electron chi connectivity index (χ3n) is 4.18. The van der Waals surface area contributed by atoms with Gasteiger partial charge in [-0.2, -0.15) is 17.9 Å². The molecule has 0 fully saturated rings. The maximum Gasteiger partial charge on any atom is 0.279 e. The Hall–Kier alpha value is -3.80. The summed E-state index contributed by atoms with van der Waals surface area (Å²) in [4.78, 5) is 25.6. The molecule has 0 unspecified atom stereocenters. The maximum atomic E-state index is 12.8. The number of carbonyl (C=O) groups excluding carboxylic acids is 1. The van der Waals surface area contributed by atoms with Gasteiger partial charge >= 0.3 is 0 Å². The number of aromatic nitrogens is 2. The first-order valence-corrected chi connectivity index (χ1v) is 9.60. The number of non-ortho nitro benzene ring substituents is 1. The molecule has 0 spiro atoms. The number of nitro benzene ring substituents is 1. The van der Waals surface area contributed by atoms with Gasteiger partial charge in [0.2, 0.25) is 5.91 Å². The Balaban J connectivity index is 1.96. The number of primary amides is 1. The summed E-state index contributed by atoms with van der Waals surface area (Å²) in [5, 5.41) is 14.9. The zero-order valence-corrected chi connectivity index (χ0v) is 16.2. The molecule has 2 heterocycles. The first-order chi connectivity index (χ1) is 13.6. The van der Waals surface area contributed by atoms with Gasteiger partial charge < -0.3 is 5.73 Å². The van der Waals surface area contributed by atoms with Gasteiger partial charge in [-0.3, -0.25) is 19.3 Å². The van der Waals surface area contributed by atoms with E-state index in [-0.39, 0.29) is 16.1 Å². The van der Waals surface area contributed by atoms with Crippen LogP contribution in [0, 0.1) is 17.0 Å². The van der Waals surface area contributed by atoms with Gasteiger partial charge in [-0.1, -0.05) is 6.07 Å². The molecule has 0 aliphatic heterocycles. The number of nitrogens with zero attached hydrogens (tertiary/aromatic N) is 5. The highest BCUT2D eigenvalue weighted by Crippen LogP contribution is 2.24. The highest BCUT2D eigenvalue weighted by molar-refractivity contribution is 7.89. The standard InChI is InChI=1S/C17H16N6O5S/c1-11-3-5-13(23(25)26)7-15(11)29(27,28)21(2)20-9-14-8-19-16-6-4-12(17(18)24)10-22(14)16/h3-10H,1-2H3,(H2,18,24)/b20-9+. The van der Waals surface area contributed by atoms with Crippen LogP contribution < -0.4 is 5.73 Å². The fraction of sp³-hybridized carbons (Fsp3) is 0.118. The molecule has 0 saturated carbocycles. The Morgan fingerprint density at radius 2 is 2.07 bits per heavy atom. The minimum Gasteiger partial charge on any atom is -0.366 e. The van der Waals surface area contributed by atoms with Gasteiger partial charge in [0.05, 0.1) is 33.5 Å². The Labute approximate surface area is 165 Å². The van der Waals surface area contributed by atoms with Gasteiger partial charge in [0, 0.05) is 25.4 Å². The molecule has 0 aliphatic rings. The van der Waals surface area contributed by atoms with Crippen molar-refractivity contribution in [3.05, 3.63) is 69.7 Å². The lowest BCUT2D eigenvalue weighted by molar-refractivity contribution is -0.385. The number of nitrogens with two attached hydrogens (primary N) is 1. The lowest BCUT2D eigenvalue weighted by Crippen LogP contribution is -2.23. The summed E-state index contributed by atoms with van der Waals surface area (Å²) >= 11 is 0. The Bertz CT molecular complexity index is 1260. The van der Waals surface area contributed by atoms with Crippen LogP contribution in [0.15, 0.2) is 52.7 Å². The van der Waals surface area contributed by atoms with Gasteiger partial charge in [-0.05, 0) is 24.6 Å². The van der Waals surface area contributed by atoms with Crippen LogP contribution in [0.2, 0.25) is 0 Å². The Morgan fingerprint density at radius 3 is 2.72 bits per heavy atom. The number of amides is 1. The van der Waals surface area contributed by atoms with E-state index in [9.17, 15) is 23.3 Å². The fourth-order valence-corrected chi connectivity index (χ4v) is 3.77. The number of hydrazone groups is 1. The molecule has 3 rings (SSSR count). The number of hydrogen-bond acceptors (Lipinski definition) is 7. The summed E-state index contributed by atoms with van der Waals surface area (Å²) in [6, 6.07) is 6.69.